The molecule has 0 amide bonds. The topological polar surface area (TPSA) is 86.7 Å². The molecule has 0 aliphatic heterocycles. The summed E-state index contributed by atoms with van der Waals surface area (Å²) in [5.74, 6) is 0. The van der Waals surface area contributed by atoms with E-state index < -0.39 is 20.2 Å². The first-order valence-electron chi connectivity index (χ1n) is 8.95. The minimum absolute atomic E-state index is 0.118. The summed E-state index contributed by atoms with van der Waals surface area (Å²) in [4.78, 5) is -0.236. The first-order valence-corrected chi connectivity index (χ1v) is 11.8. The quantitative estimate of drug-likeness (QED) is 0.428. The van der Waals surface area contributed by atoms with Gasteiger partial charge in [-0.1, -0.05) is 60.7 Å². The number of hydrogen-bond acceptors (Lipinski definition) is 6. The fourth-order valence-corrected chi connectivity index (χ4v) is 5.37. The van der Waals surface area contributed by atoms with Crippen LogP contribution in [0.4, 0.5) is 0 Å². The fraction of sp³-hybridized carbons (Fsp3) is 0.0909. The minimum atomic E-state index is -4.14. The molecule has 0 saturated heterocycles. The van der Waals surface area contributed by atoms with Crippen LogP contribution in [0.2, 0.25) is 0 Å². The zero-order valence-electron chi connectivity index (χ0n) is 16.2. The van der Waals surface area contributed by atoms with Crippen molar-refractivity contribution in [1.82, 2.24) is 0 Å². The number of rotatable bonds is 5. The molecule has 0 unspecified atom stereocenters. The maximum atomic E-state index is 12.8. The third-order valence-electron chi connectivity index (χ3n) is 5.01. The molecule has 4 aromatic carbocycles. The third-order valence-corrected chi connectivity index (χ3v) is 7.64. The normalized spacial score (nSPS) is 12.5. The molecule has 0 N–H and O–H groups in total. The molecule has 0 radical (unpaired) electrons. The van der Waals surface area contributed by atoms with Gasteiger partial charge in [0.05, 0.1) is 14.2 Å². The van der Waals surface area contributed by atoms with Gasteiger partial charge in [0.15, 0.2) is 0 Å². The molecule has 0 aliphatic rings. The molecule has 0 aromatic heterocycles. The lowest BCUT2D eigenvalue weighted by atomic mass is 9.94. The Balaban J connectivity index is 2.32. The first-order chi connectivity index (χ1) is 14.3. The summed E-state index contributed by atoms with van der Waals surface area (Å²) in [6, 6.07) is 20.6. The van der Waals surface area contributed by atoms with Crippen LogP contribution in [0.25, 0.3) is 32.7 Å². The molecule has 154 valence electrons. The van der Waals surface area contributed by atoms with Crippen molar-refractivity contribution in [3.63, 3.8) is 0 Å². The zero-order chi connectivity index (χ0) is 21.5. The highest BCUT2D eigenvalue weighted by molar-refractivity contribution is 7.87. The average molecular weight is 443 g/mol. The second kappa shape index (κ2) is 7.48. The lowest BCUT2D eigenvalue weighted by Crippen LogP contribution is -2.09. The Morgan fingerprint density at radius 2 is 0.900 bits per heavy atom. The van der Waals surface area contributed by atoms with Crippen molar-refractivity contribution in [2.24, 2.45) is 0 Å². The average Bonchev–Trinajstić information content (AvgIpc) is 2.77. The van der Waals surface area contributed by atoms with E-state index in [4.69, 9.17) is 8.37 Å². The minimum Gasteiger partial charge on any atom is -0.270 e. The van der Waals surface area contributed by atoms with Gasteiger partial charge < -0.3 is 0 Å². The monoisotopic (exact) mass is 442 g/mol. The molecule has 0 heterocycles. The summed E-state index contributed by atoms with van der Waals surface area (Å²) >= 11 is 0. The number of benzene rings is 4. The molecule has 30 heavy (non-hydrogen) atoms. The standard InChI is InChI=1S/C22H18O6S2/c1-27-29(23,24)19-13-11-15-7-3-5-9-17(15)21(19)22-18-10-6-4-8-16(18)12-14-20(22)30(25,26)28-2/h3-14H,1-2H3. The first kappa shape index (κ1) is 20.5. The van der Waals surface area contributed by atoms with Crippen molar-refractivity contribution in [3.05, 3.63) is 72.8 Å². The summed E-state index contributed by atoms with van der Waals surface area (Å²) in [6.07, 6.45) is 0. The summed E-state index contributed by atoms with van der Waals surface area (Å²) in [5.41, 5.74) is 0.504. The van der Waals surface area contributed by atoms with Gasteiger partial charge in [0.1, 0.15) is 9.79 Å². The SMILES string of the molecule is COS(=O)(=O)c1ccc2ccccc2c1-c1c(S(=O)(=O)OC)ccc2ccccc12. The highest BCUT2D eigenvalue weighted by Gasteiger charge is 2.28. The van der Waals surface area contributed by atoms with Crippen LogP contribution in [-0.2, 0) is 28.6 Å². The van der Waals surface area contributed by atoms with Gasteiger partial charge in [-0.15, -0.1) is 0 Å². The summed E-state index contributed by atoms with van der Waals surface area (Å²) in [6.45, 7) is 0. The van der Waals surface area contributed by atoms with Gasteiger partial charge >= 0.3 is 0 Å². The van der Waals surface area contributed by atoms with Crippen LogP contribution in [0.15, 0.2) is 82.6 Å². The summed E-state index contributed by atoms with van der Waals surface area (Å²) in [5, 5.41) is 2.69. The van der Waals surface area contributed by atoms with Crippen molar-refractivity contribution in [3.8, 4) is 11.1 Å². The van der Waals surface area contributed by atoms with Gasteiger partial charge in [0, 0.05) is 11.1 Å². The maximum Gasteiger partial charge on any atom is 0.297 e. The van der Waals surface area contributed by atoms with Gasteiger partial charge in [-0.3, -0.25) is 8.37 Å². The summed E-state index contributed by atoms with van der Waals surface area (Å²) in [7, 11) is -6.14. The summed E-state index contributed by atoms with van der Waals surface area (Å²) < 4.78 is 60.8. The highest BCUT2D eigenvalue weighted by atomic mass is 32.2. The lowest BCUT2D eigenvalue weighted by molar-refractivity contribution is 0.396. The predicted octanol–water partition coefficient (Wildman–Crippen LogP) is 4.33. The highest BCUT2D eigenvalue weighted by Crippen LogP contribution is 2.42. The molecule has 0 atom stereocenters. The second-order valence-electron chi connectivity index (χ2n) is 6.56. The molecule has 8 heteroatoms. The molecule has 0 fully saturated rings. The van der Waals surface area contributed by atoms with Crippen molar-refractivity contribution >= 4 is 41.8 Å². The fourth-order valence-electron chi connectivity index (χ4n) is 3.62. The molecular formula is C22H18O6S2. The van der Waals surface area contributed by atoms with E-state index in [1.165, 1.54) is 12.1 Å². The molecule has 0 spiro atoms. The van der Waals surface area contributed by atoms with Gasteiger partial charge in [0.25, 0.3) is 20.2 Å². The van der Waals surface area contributed by atoms with Crippen LogP contribution < -0.4 is 0 Å². The molecule has 6 nitrogen and oxygen atoms in total. The van der Waals surface area contributed by atoms with Gasteiger partial charge in [0.2, 0.25) is 0 Å². The van der Waals surface area contributed by atoms with E-state index in [2.05, 4.69) is 0 Å². The van der Waals surface area contributed by atoms with Gasteiger partial charge in [-0.05, 0) is 33.7 Å². The molecule has 0 saturated carbocycles. The van der Waals surface area contributed by atoms with E-state index in [0.717, 1.165) is 25.0 Å². The van der Waals surface area contributed by atoms with Crippen molar-refractivity contribution in [2.75, 3.05) is 14.2 Å². The smallest absolute Gasteiger partial charge is 0.270 e. The molecule has 4 aromatic rings. The Bertz CT molecular complexity index is 1370. The van der Waals surface area contributed by atoms with Crippen LogP contribution in [0, 0.1) is 0 Å². The maximum absolute atomic E-state index is 12.8. The molecular weight excluding hydrogens is 424 g/mol. The molecule has 0 bridgehead atoms. The van der Waals surface area contributed by atoms with E-state index in [1.54, 1.807) is 36.4 Å². The predicted molar refractivity (Wildman–Crippen MR) is 115 cm³/mol. The molecule has 0 aliphatic carbocycles. The Morgan fingerprint density at radius 1 is 0.533 bits per heavy atom. The Morgan fingerprint density at radius 3 is 1.27 bits per heavy atom. The number of hydrogen-bond donors (Lipinski definition) is 0. The van der Waals surface area contributed by atoms with E-state index in [9.17, 15) is 16.8 Å². The van der Waals surface area contributed by atoms with Crippen LogP contribution in [0.5, 0.6) is 0 Å². The Kier molecular flexibility index (Phi) is 5.11. The van der Waals surface area contributed by atoms with E-state index in [-0.39, 0.29) is 20.9 Å². The van der Waals surface area contributed by atoms with Crippen molar-refractivity contribution in [2.45, 2.75) is 9.79 Å². The van der Waals surface area contributed by atoms with Crippen LogP contribution >= 0.6 is 0 Å². The van der Waals surface area contributed by atoms with Gasteiger partial charge in [-0.25, -0.2) is 0 Å². The second-order valence-corrected chi connectivity index (χ2v) is 9.92. The lowest BCUT2D eigenvalue weighted by Gasteiger charge is -2.18. The largest absolute Gasteiger partial charge is 0.297 e. The van der Waals surface area contributed by atoms with E-state index in [1.807, 2.05) is 24.3 Å². The van der Waals surface area contributed by atoms with Gasteiger partial charge in [-0.2, -0.15) is 16.8 Å². The third kappa shape index (κ3) is 3.27. The van der Waals surface area contributed by atoms with Crippen LogP contribution in [0.1, 0.15) is 0 Å². The van der Waals surface area contributed by atoms with E-state index >= 15 is 0 Å². The Labute approximate surface area is 174 Å². The van der Waals surface area contributed by atoms with Crippen LogP contribution in [-0.4, -0.2) is 31.1 Å². The van der Waals surface area contributed by atoms with Crippen molar-refractivity contribution in [1.29, 1.82) is 0 Å². The molecule has 4 rings (SSSR count). The number of fused-ring (bicyclic) bond motifs is 2. The van der Waals surface area contributed by atoms with E-state index in [0.29, 0.717) is 10.8 Å². The van der Waals surface area contributed by atoms with Crippen LogP contribution in [0.3, 0.4) is 0 Å². The van der Waals surface area contributed by atoms with Crippen molar-refractivity contribution < 1.29 is 25.2 Å². The Hall–Kier alpha value is -2.78. The zero-order valence-corrected chi connectivity index (χ0v) is 17.8.